The van der Waals surface area contributed by atoms with E-state index in [1.54, 1.807) is 0 Å². The van der Waals surface area contributed by atoms with Gasteiger partial charge in [0.25, 0.3) is 0 Å². The number of hydrogen-bond acceptors (Lipinski definition) is 3. The van der Waals surface area contributed by atoms with Crippen LogP contribution in [0.5, 0.6) is 0 Å². The summed E-state index contributed by atoms with van der Waals surface area (Å²) in [5.41, 5.74) is 0. The average molecular weight is 239 g/mol. The van der Waals surface area contributed by atoms with Gasteiger partial charge in [-0.05, 0) is 38.3 Å². The third kappa shape index (κ3) is 3.42. The fourth-order valence-corrected chi connectivity index (χ4v) is 3.11. The van der Waals surface area contributed by atoms with Crippen molar-refractivity contribution in [1.82, 2.24) is 15.5 Å². The molecule has 0 aliphatic carbocycles. The summed E-state index contributed by atoms with van der Waals surface area (Å²) in [5, 5.41) is 6.50. The van der Waals surface area contributed by atoms with Gasteiger partial charge < -0.3 is 10.6 Å². The summed E-state index contributed by atoms with van der Waals surface area (Å²) in [7, 11) is 0. The predicted octanol–water partition coefficient (Wildman–Crippen LogP) is 0.442. The van der Waals surface area contributed by atoms with Gasteiger partial charge >= 0.3 is 0 Å². The minimum absolute atomic E-state index is 0.193. The van der Waals surface area contributed by atoms with Crippen LogP contribution in [0.25, 0.3) is 0 Å². The lowest BCUT2D eigenvalue weighted by molar-refractivity contribution is -0.122. The molecule has 2 aliphatic rings. The number of carbonyl (C=O) groups excluding carboxylic acids is 1. The number of nitrogens with one attached hydrogen (secondary N) is 2. The van der Waals surface area contributed by atoms with Crippen molar-refractivity contribution in [3.05, 3.63) is 0 Å². The molecule has 3 atom stereocenters. The maximum absolute atomic E-state index is 11.8. The Bertz CT molecular complexity index is 257. The van der Waals surface area contributed by atoms with Gasteiger partial charge in [0.05, 0.1) is 6.54 Å². The molecule has 2 fully saturated rings. The summed E-state index contributed by atoms with van der Waals surface area (Å²) in [5.74, 6) is 1.74. The Morgan fingerprint density at radius 3 is 2.65 bits per heavy atom. The van der Waals surface area contributed by atoms with Crippen LogP contribution in [-0.2, 0) is 4.79 Å². The number of carbonyl (C=O) groups is 1. The van der Waals surface area contributed by atoms with E-state index in [-0.39, 0.29) is 5.91 Å². The predicted molar refractivity (Wildman–Crippen MR) is 68.8 cm³/mol. The number of fused-ring (bicyclic) bond motifs is 1. The molecule has 2 N–H and O–H groups in total. The zero-order chi connectivity index (χ0) is 12.3. The molecule has 0 spiro atoms. The van der Waals surface area contributed by atoms with E-state index in [0.717, 1.165) is 50.9 Å². The molecule has 1 amide bonds. The van der Waals surface area contributed by atoms with Gasteiger partial charge in [-0.2, -0.15) is 0 Å². The standard InChI is InChI=1S/C13H25N3O/c1-3-4-10(2)15-13(17)9-16-7-11-5-14-6-12(11)8-16/h10-12,14H,3-9H2,1-2H3,(H,15,17)/t10?,11-,12+. The van der Waals surface area contributed by atoms with E-state index >= 15 is 0 Å². The van der Waals surface area contributed by atoms with Gasteiger partial charge in [0, 0.05) is 19.1 Å². The molecule has 0 bridgehead atoms. The molecule has 0 aromatic carbocycles. The molecule has 4 nitrogen and oxygen atoms in total. The van der Waals surface area contributed by atoms with Crippen LogP contribution in [0.1, 0.15) is 26.7 Å². The minimum Gasteiger partial charge on any atom is -0.353 e. The number of likely N-dealkylation sites (tertiary alicyclic amines) is 1. The largest absolute Gasteiger partial charge is 0.353 e. The summed E-state index contributed by atoms with van der Waals surface area (Å²) in [4.78, 5) is 14.1. The number of amides is 1. The number of rotatable bonds is 5. The van der Waals surface area contributed by atoms with Gasteiger partial charge in [0.1, 0.15) is 0 Å². The van der Waals surface area contributed by atoms with Crippen molar-refractivity contribution in [3.63, 3.8) is 0 Å². The van der Waals surface area contributed by atoms with Crippen LogP contribution in [-0.4, -0.2) is 49.6 Å². The second kappa shape index (κ2) is 5.83. The first-order valence-electron chi connectivity index (χ1n) is 6.91. The van der Waals surface area contributed by atoms with Crippen LogP contribution < -0.4 is 10.6 Å². The quantitative estimate of drug-likeness (QED) is 0.732. The Labute approximate surface area is 104 Å². The van der Waals surface area contributed by atoms with E-state index < -0.39 is 0 Å². The second-order valence-electron chi connectivity index (χ2n) is 5.63. The first-order chi connectivity index (χ1) is 8.19. The topological polar surface area (TPSA) is 44.4 Å². The third-order valence-electron chi connectivity index (χ3n) is 3.96. The van der Waals surface area contributed by atoms with Crippen molar-refractivity contribution >= 4 is 5.91 Å². The fraction of sp³-hybridized carbons (Fsp3) is 0.923. The summed E-state index contributed by atoms with van der Waals surface area (Å²) < 4.78 is 0. The Kier molecular flexibility index (Phi) is 4.40. The van der Waals surface area contributed by atoms with Gasteiger partial charge in [-0.25, -0.2) is 0 Å². The van der Waals surface area contributed by atoms with E-state index in [0.29, 0.717) is 12.6 Å². The maximum Gasteiger partial charge on any atom is 0.234 e. The molecule has 2 heterocycles. The van der Waals surface area contributed by atoms with E-state index in [2.05, 4.69) is 29.4 Å². The molecule has 0 aromatic rings. The van der Waals surface area contributed by atoms with E-state index in [1.807, 2.05) is 0 Å². The van der Waals surface area contributed by atoms with Crippen molar-refractivity contribution in [2.75, 3.05) is 32.7 Å². The molecule has 2 aliphatic heterocycles. The zero-order valence-corrected chi connectivity index (χ0v) is 11.0. The maximum atomic E-state index is 11.8. The van der Waals surface area contributed by atoms with Crippen molar-refractivity contribution in [3.8, 4) is 0 Å². The Morgan fingerprint density at radius 2 is 2.06 bits per heavy atom. The summed E-state index contributed by atoms with van der Waals surface area (Å²) in [6.07, 6.45) is 2.20. The minimum atomic E-state index is 0.193. The summed E-state index contributed by atoms with van der Waals surface area (Å²) in [6.45, 7) is 9.27. The van der Waals surface area contributed by atoms with Gasteiger partial charge in [-0.15, -0.1) is 0 Å². The van der Waals surface area contributed by atoms with Gasteiger partial charge in [0.2, 0.25) is 5.91 Å². The van der Waals surface area contributed by atoms with E-state index in [4.69, 9.17) is 0 Å². The van der Waals surface area contributed by atoms with Crippen molar-refractivity contribution < 1.29 is 4.79 Å². The Morgan fingerprint density at radius 1 is 1.41 bits per heavy atom. The number of hydrogen-bond donors (Lipinski definition) is 2. The van der Waals surface area contributed by atoms with Crippen molar-refractivity contribution in [2.24, 2.45) is 11.8 Å². The Hall–Kier alpha value is -0.610. The molecule has 0 aromatic heterocycles. The summed E-state index contributed by atoms with van der Waals surface area (Å²) in [6, 6.07) is 0.316. The highest BCUT2D eigenvalue weighted by molar-refractivity contribution is 5.78. The molecule has 98 valence electrons. The molecular formula is C13H25N3O. The highest BCUT2D eigenvalue weighted by atomic mass is 16.2. The van der Waals surface area contributed by atoms with Crippen LogP contribution in [0.4, 0.5) is 0 Å². The first-order valence-corrected chi connectivity index (χ1v) is 6.91. The van der Waals surface area contributed by atoms with Crippen molar-refractivity contribution in [1.29, 1.82) is 0 Å². The average Bonchev–Trinajstić information content (AvgIpc) is 2.77. The number of nitrogens with zero attached hydrogens (tertiary/aromatic N) is 1. The lowest BCUT2D eigenvalue weighted by Gasteiger charge is -2.18. The van der Waals surface area contributed by atoms with Crippen LogP contribution in [0.15, 0.2) is 0 Å². The molecule has 2 saturated heterocycles. The van der Waals surface area contributed by atoms with E-state index in [1.165, 1.54) is 0 Å². The van der Waals surface area contributed by atoms with E-state index in [9.17, 15) is 4.79 Å². The van der Waals surface area contributed by atoms with Gasteiger partial charge in [0.15, 0.2) is 0 Å². The Balaban J connectivity index is 1.69. The molecule has 0 saturated carbocycles. The molecular weight excluding hydrogens is 214 g/mol. The van der Waals surface area contributed by atoms with Gasteiger partial charge in [-0.3, -0.25) is 9.69 Å². The lowest BCUT2D eigenvalue weighted by Crippen LogP contribution is -2.41. The van der Waals surface area contributed by atoms with Crippen LogP contribution in [0.3, 0.4) is 0 Å². The van der Waals surface area contributed by atoms with Crippen LogP contribution in [0.2, 0.25) is 0 Å². The summed E-state index contributed by atoms with van der Waals surface area (Å²) >= 11 is 0. The first kappa shape index (κ1) is 12.8. The van der Waals surface area contributed by atoms with Crippen LogP contribution >= 0.6 is 0 Å². The normalized spacial score (nSPS) is 30.2. The molecule has 0 radical (unpaired) electrons. The second-order valence-corrected chi connectivity index (χ2v) is 5.63. The third-order valence-corrected chi connectivity index (χ3v) is 3.96. The SMILES string of the molecule is CCCC(C)NC(=O)CN1C[C@H]2CNC[C@H]2C1. The van der Waals surface area contributed by atoms with Crippen molar-refractivity contribution in [2.45, 2.75) is 32.7 Å². The van der Waals surface area contributed by atoms with Crippen LogP contribution in [0, 0.1) is 11.8 Å². The zero-order valence-electron chi connectivity index (χ0n) is 11.0. The molecule has 1 unspecified atom stereocenters. The highest BCUT2D eigenvalue weighted by Gasteiger charge is 2.36. The molecule has 4 heteroatoms. The lowest BCUT2D eigenvalue weighted by atomic mass is 10.0. The molecule has 17 heavy (non-hydrogen) atoms. The van der Waals surface area contributed by atoms with Gasteiger partial charge in [-0.1, -0.05) is 13.3 Å². The fourth-order valence-electron chi connectivity index (χ4n) is 3.11. The molecule has 2 rings (SSSR count). The highest BCUT2D eigenvalue weighted by Crippen LogP contribution is 2.25. The smallest absolute Gasteiger partial charge is 0.234 e. The monoisotopic (exact) mass is 239 g/mol.